The second-order valence-electron chi connectivity index (χ2n) is 4.90. The van der Waals surface area contributed by atoms with Gasteiger partial charge >= 0.3 is 11.9 Å². The summed E-state index contributed by atoms with van der Waals surface area (Å²) in [4.78, 5) is 41.0. The van der Waals surface area contributed by atoms with Crippen molar-refractivity contribution in [3.05, 3.63) is 17.7 Å². The largest absolute Gasteiger partial charge is 0.481 e. The average molecular weight is 281 g/mol. The Hall–Kier alpha value is -2.38. The molecule has 1 aliphatic rings. The van der Waals surface area contributed by atoms with Crippen LogP contribution in [-0.4, -0.2) is 38.0 Å². The first-order valence-corrected chi connectivity index (χ1v) is 6.21. The van der Waals surface area contributed by atoms with Crippen LogP contribution in [0.5, 0.6) is 0 Å². The number of hydrogen-bond acceptors (Lipinski definition) is 4. The number of aromatic amines is 1. The van der Waals surface area contributed by atoms with Crippen molar-refractivity contribution in [2.45, 2.75) is 31.1 Å². The number of aliphatic carboxylic acids is 2. The van der Waals surface area contributed by atoms with Crippen LogP contribution in [0.4, 0.5) is 0 Å². The molecule has 1 fully saturated rings. The van der Waals surface area contributed by atoms with Gasteiger partial charge in [0.2, 0.25) is 0 Å². The number of carbonyl (C=O) groups is 3. The van der Waals surface area contributed by atoms with Crippen molar-refractivity contribution < 1.29 is 24.6 Å². The molecule has 8 heteroatoms. The van der Waals surface area contributed by atoms with Crippen LogP contribution in [0.15, 0.2) is 6.33 Å². The van der Waals surface area contributed by atoms with Gasteiger partial charge in [-0.2, -0.15) is 0 Å². The molecule has 5 N–H and O–H groups in total. The highest BCUT2D eigenvalue weighted by atomic mass is 16.4. The van der Waals surface area contributed by atoms with Gasteiger partial charge in [0.25, 0.3) is 5.91 Å². The summed E-state index contributed by atoms with van der Waals surface area (Å²) in [6, 6.07) is 0. The van der Waals surface area contributed by atoms with Crippen molar-refractivity contribution >= 4 is 17.8 Å². The number of hydrogen-bond donors (Lipinski definition) is 4. The standard InChI is InChI=1S/C12H15N3O5/c13-9(16)7-8(15-5-14-7)12(11(19)20)4-2-1-3-6(12)10(17)18/h5-6H,1-4H2,(H2,13,16)(H,14,15)(H,17,18)(H,19,20). The van der Waals surface area contributed by atoms with Crippen LogP contribution in [0.3, 0.4) is 0 Å². The second-order valence-corrected chi connectivity index (χ2v) is 4.90. The molecule has 1 amide bonds. The van der Waals surface area contributed by atoms with Crippen LogP contribution >= 0.6 is 0 Å². The highest BCUT2D eigenvalue weighted by Crippen LogP contribution is 2.44. The minimum atomic E-state index is -1.71. The van der Waals surface area contributed by atoms with Crippen molar-refractivity contribution in [1.82, 2.24) is 9.97 Å². The molecule has 2 atom stereocenters. The Kier molecular flexibility index (Phi) is 3.47. The Labute approximate surface area is 114 Å². The molecular weight excluding hydrogens is 266 g/mol. The normalized spacial score (nSPS) is 26.1. The van der Waals surface area contributed by atoms with E-state index >= 15 is 0 Å². The molecule has 108 valence electrons. The number of nitrogens with one attached hydrogen (secondary N) is 1. The number of carboxylic acids is 2. The van der Waals surface area contributed by atoms with Gasteiger partial charge in [0.05, 0.1) is 17.9 Å². The number of nitrogens with two attached hydrogens (primary N) is 1. The number of rotatable bonds is 4. The van der Waals surface area contributed by atoms with Crippen molar-refractivity contribution in [3.63, 3.8) is 0 Å². The topological polar surface area (TPSA) is 146 Å². The summed E-state index contributed by atoms with van der Waals surface area (Å²) in [5.41, 5.74) is 3.26. The lowest BCUT2D eigenvalue weighted by Crippen LogP contribution is -2.49. The van der Waals surface area contributed by atoms with Crippen LogP contribution in [0.25, 0.3) is 0 Å². The zero-order chi connectivity index (χ0) is 14.9. The quantitative estimate of drug-likeness (QED) is 0.615. The second kappa shape index (κ2) is 4.95. The summed E-state index contributed by atoms with van der Waals surface area (Å²) in [5, 5.41) is 19.0. The molecule has 0 bridgehead atoms. The van der Waals surface area contributed by atoms with Gasteiger partial charge in [-0.1, -0.05) is 12.8 Å². The molecule has 0 spiro atoms. The molecule has 0 aliphatic heterocycles. The molecule has 0 aromatic carbocycles. The van der Waals surface area contributed by atoms with E-state index < -0.39 is 29.2 Å². The van der Waals surface area contributed by atoms with Crippen LogP contribution < -0.4 is 5.73 Å². The summed E-state index contributed by atoms with van der Waals surface area (Å²) in [7, 11) is 0. The van der Waals surface area contributed by atoms with Crippen molar-refractivity contribution in [3.8, 4) is 0 Å². The van der Waals surface area contributed by atoms with Crippen LogP contribution in [-0.2, 0) is 15.0 Å². The molecule has 0 saturated heterocycles. The zero-order valence-corrected chi connectivity index (χ0v) is 10.6. The van der Waals surface area contributed by atoms with Crippen molar-refractivity contribution in [2.24, 2.45) is 11.7 Å². The first-order valence-electron chi connectivity index (χ1n) is 6.21. The highest BCUT2D eigenvalue weighted by Gasteiger charge is 2.55. The third-order valence-electron chi connectivity index (χ3n) is 3.90. The number of H-pyrrole nitrogens is 1. The van der Waals surface area contributed by atoms with E-state index in [0.717, 1.165) is 6.33 Å². The number of nitrogens with zero attached hydrogens (tertiary/aromatic N) is 1. The van der Waals surface area contributed by atoms with E-state index in [2.05, 4.69) is 9.97 Å². The lowest BCUT2D eigenvalue weighted by atomic mass is 9.63. The minimum absolute atomic E-state index is 0.0791. The van der Waals surface area contributed by atoms with Crippen LogP contribution in [0.2, 0.25) is 0 Å². The molecule has 1 aromatic heterocycles. The van der Waals surface area contributed by atoms with Crippen LogP contribution in [0.1, 0.15) is 41.9 Å². The van der Waals surface area contributed by atoms with E-state index in [4.69, 9.17) is 5.73 Å². The summed E-state index contributed by atoms with van der Waals surface area (Å²) in [6.07, 6.45) is 2.69. The van der Waals surface area contributed by atoms with Gasteiger partial charge in [0.1, 0.15) is 11.1 Å². The molecule has 2 rings (SSSR count). The van der Waals surface area contributed by atoms with E-state index in [0.29, 0.717) is 12.8 Å². The maximum absolute atomic E-state index is 11.8. The van der Waals surface area contributed by atoms with E-state index in [9.17, 15) is 24.6 Å². The SMILES string of the molecule is NC(=O)c1[nH]cnc1C1(C(=O)O)CCCCC1C(=O)O. The van der Waals surface area contributed by atoms with E-state index in [1.54, 1.807) is 0 Å². The Morgan fingerprint density at radius 2 is 2.05 bits per heavy atom. The average Bonchev–Trinajstić information content (AvgIpc) is 2.87. The molecular formula is C12H15N3O5. The number of aromatic nitrogens is 2. The third-order valence-corrected chi connectivity index (χ3v) is 3.90. The first-order chi connectivity index (χ1) is 9.41. The Bertz CT molecular complexity index is 567. The molecule has 1 aromatic rings. The Morgan fingerprint density at radius 3 is 2.60 bits per heavy atom. The zero-order valence-electron chi connectivity index (χ0n) is 10.6. The van der Waals surface area contributed by atoms with Gasteiger partial charge in [-0.05, 0) is 12.8 Å². The molecule has 8 nitrogen and oxygen atoms in total. The summed E-state index contributed by atoms with van der Waals surface area (Å²) >= 11 is 0. The smallest absolute Gasteiger partial charge is 0.316 e. The number of amides is 1. The molecule has 0 radical (unpaired) electrons. The van der Waals surface area contributed by atoms with Gasteiger partial charge < -0.3 is 20.9 Å². The molecule has 1 heterocycles. The molecule has 1 saturated carbocycles. The molecule has 20 heavy (non-hydrogen) atoms. The summed E-state index contributed by atoms with van der Waals surface area (Å²) in [5.74, 6) is -4.48. The van der Waals surface area contributed by atoms with Gasteiger partial charge in [-0.25, -0.2) is 4.98 Å². The maximum Gasteiger partial charge on any atom is 0.316 e. The lowest BCUT2D eigenvalue weighted by molar-refractivity contribution is -0.158. The van der Waals surface area contributed by atoms with E-state index in [-0.39, 0.29) is 24.2 Å². The fraction of sp³-hybridized carbons (Fsp3) is 0.500. The monoisotopic (exact) mass is 281 g/mol. The number of carboxylic acid groups (broad SMARTS) is 2. The lowest BCUT2D eigenvalue weighted by Gasteiger charge is -2.37. The summed E-state index contributed by atoms with van der Waals surface area (Å²) < 4.78 is 0. The fourth-order valence-electron chi connectivity index (χ4n) is 2.97. The van der Waals surface area contributed by atoms with Crippen molar-refractivity contribution in [2.75, 3.05) is 0 Å². The highest BCUT2D eigenvalue weighted by molar-refractivity contribution is 5.96. The van der Waals surface area contributed by atoms with Gasteiger partial charge in [0.15, 0.2) is 0 Å². The van der Waals surface area contributed by atoms with Gasteiger partial charge in [-0.3, -0.25) is 14.4 Å². The summed E-state index contributed by atoms with van der Waals surface area (Å²) in [6.45, 7) is 0. The Morgan fingerprint density at radius 1 is 1.35 bits per heavy atom. The van der Waals surface area contributed by atoms with Crippen molar-refractivity contribution in [1.29, 1.82) is 0 Å². The first kappa shape index (κ1) is 14.0. The molecule has 2 unspecified atom stereocenters. The van der Waals surface area contributed by atoms with Crippen LogP contribution in [0, 0.1) is 5.92 Å². The number of carbonyl (C=O) groups excluding carboxylic acids is 1. The van der Waals surface area contributed by atoms with Gasteiger partial charge in [0, 0.05) is 0 Å². The Balaban J connectivity index is 2.64. The third kappa shape index (κ3) is 1.93. The van der Waals surface area contributed by atoms with E-state index in [1.807, 2.05) is 0 Å². The minimum Gasteiger partial charge on any atom is -0.481 e. The predicted molar refractivity (Wildman–Crippen MR) is 66.0 cm³/mol. The molecule has 1 aliphatic carbocycles. The predicted octanol–water partition coefficient (Wildman–Crippen LogP) is 0.106. The fourth-order valence-corrected chi connectivity index (χ4v) is 2.97. The maximum atomic E-state index is 11.8. The van der Waals surface area contributed by atoms with Gasteiger partial charge in [-0.15, -0.1) is 0 Å². The number of primary amides is 1. The van der Waals surface area contributed by atoms with E-state index in [1.165, 1.54) is 0 Å². The number of imidazole rings is 1.